The van der Waals surface area contributed by atoms with E-state index in [1.807, 2.05) is 45.2 Å². The quantitative estimate of drug-likeness (QED) is 0.172. The van der Waals surface area contributed by atoms with E-state index in [1.165, 1.54) is 4.90 Å². The van der Waals surface area contributed by atoms with E-state index < -0.39 is 33.9 Å². The molecule has 3 rings (SSSR count). The molecular weight excluding hydrogens is 829 g/mol. The number of anilines is 1. The smallest absolute Gasteiger partial charge is 0.402 e. The topological polar surface area (TPSA) is 118 Å². The first-order valence-corrected chi connectivity index (χ1v) is 15.2. The number of hydrogen-bond acceptors (Lipinski definition) is 6. The molecule has 8 nitrogen and oxygen atoms in total. The Labute approximate surface area is 241 Å². The van der Waals surface area contributed by atoms with Crippen LogP contribution in [-0.4, -0.2) is 42.6 Å². The number of carbonyl (C=O) groups is 3. The first-order chi connectivity index (χ1) is 16.2. The van der Waals surface area contributed by atoms with E-state index in [0.717, 1.165) is 16.4 Å². The predicted molar refractivity (Wildman–Crippen MR) is 148 cm³/mol. The van der Waals surface area contributed by atoms with Gasteiger partial charge >= 0.3 is 21.3 Å². The van der Waals surface area contributed by atoms with Gasteiger partial charge in [0.2, 0.25) is 0 Å². The van der Waals surface area contributed by atoms with E-state index in [2.05, 4.69) is 27.3 Å². The summed E-state index contributed by atoms with van der Waals surface area (Å²) in [5, 5.41) is -4.62. The van der Waals surface area contributed by atoms with Crippen molar-refractivity contribution in [3.63, 3.8) is 0 Å². The fourth-order valence-corrected chi connectivity index (χ4v) is 8.44. The summed E-state index contributed by atoms with van der Waals surface area (Å²) in [5.41, 5.74) is 2.15. The van der Waals surface area contributed by atoms with Crippen LogP contribution in [0.3, 0.4) is 0 Å². The number of imide groups is 1. The second-order valence-electron chi connectivity index (χ2n) is 8.12. The summed E-state index contributed by atoms with van der Waals surface area (Å²) in [6, 6.07) is 1.77. The molecule has 1 heterocycles. The van der Waals surface area contributed by atoms with Gasteiger partial charge in [-0.25, -0.2) is 4.90 Å². The Bertz CT molecular complexity index is 1210. The van der Waals surface area contributed by atoms with E-state index in [9.17, 15) is 31.6 Å². The van der Waals surface area contributed by atoms with Gasteiger partial charge in [0, 0.05) is 21.9 Å². The Kier molecular flexibility index (Phi) is 9.23. The van der Waals surface area contributed by atoms with Gasteiger partial charge in [0.15, 0.2) is 6.61 Å². The summed E-state index contributed by atoms with van der Waals surface area (Å²) in [5.74, 6) is -2.63. The summed E-state index contributed by atoms with van der Waals surface area (Å²) in [4.78, 5) is 39.9. The standard InChI is InChI=1S/C21H20F2I3NO7S/c1-2-10(20(30)34-9-21(22,23)35(31,32)33)7-13-14(24)8-15(25)17(16(13)26)27-18(28)11-5-3-4-6-12(11)19(27)29/h8,10H,2-7,9H2,1H3,(H,31,32,33). The number of rotatable bonds is 8. The second-order valence-corrected chi connectivity index (χ2v) is 13.1. The zero-order chi connectivity index (χ0) is 26.3. The number of carbonyl (C=O) groups excluding carboxylic acids is 3. The van der Waals surface area contributed by atoms with Crippen molar-refractivity contribution < 1.29 is 40.9 Å². The summed E-state index contributed by atoms with van der Waals surface area (Å²) in [6.45, 7) is -0.160. The number of esters is 1. The zero-order valence-corrected chi connectivity index (χ0v) is 25.5. The van der Waals surface area contributed by atoms with Gasteiger partial charge in [0.25, 0.3) is 11.8 Å². The van der Waals surface area contributed by atoms with E-state index >= 15 is 0 Å². The van der Waals surface area contributed by atoms with Crippen LogP contribution in [0.15, 0.2) is 17.2 Å². The molecule has 0 aromatic heterocycles. The largest absolute Gasteiger partial charge is 0.458 e. The molecule has 0 spiro atoms. The number of halogens is 5. The van der Waals surface area contributed by atoms with Crippen molar-refractivity contribution in [3.05, 3.63) is 33.5 Å². The fourth-order valence-electron chi connectivity index (χ4n) is 3.94. The first kappa shape index (κ1) is 29.1. The normalized spacial score (nSPS) is 17.6. The molecule has 35 heavy (non-hydrogen) atoms. The van der Waals surface area contributed by atoms with E-state index in [0.29, 0.717) is 42.4 Å². The highest BCUT2D eigenvalue weighted by Gasteiger charge is 2.46. The zero-order valence-electron chi connectivity index (χ0n) is 18.2. The lowest BCUT2D eigenvalue weighted by Gasteiger charge is -2.23. The molecule has 14 heteroatoms. The lowest BCUT2D eigenvalue weighted by Crippen LogP contribution is -2.36. The Morgan fingerprint density at radius 2 is 1.69 bits per heavy atom. The summed E-state index contributed by atoms with van der Waals surface area (Å²) in [7, 11) is -5.73. The van der Waals surface area contributed by atoms with Crippen molar-refractivity contribution in [3.8, 4) is 0 Å². The van der Waals surface area contributed by atoms with Gasteiger partial charge in [-0.3, -0.25) is 18.9 Å². The lowest BCUT2D eigenvalue weighted by atomic mass is 9.93. The maximum absolute atomic E-state index is 13.5. The molecule has 1 N–H and O–H groups in total. The third-order valence-electron chi connectivity index (χ3n) is 5.89. The predicted octanol–water partition coefficient (Wildman–Crippen LogP) is 4.84. The van der Waals surface area contributed by atoms with Crippen molar-refractivity contribution in [2.75, 3.05) is 11.5 Å². The third-order valence-corrected chi connectivity index (χ3v) is 9.71. The molecule has 1 aromatic carbocycles. The minimum absolute atomic E-state index is 0.0522. The molecule has 0 radical (unpaired) electrons. The molecule has 1 atom stereocenters. The molecule has 2 amide bonds. The van der Waals surface area contributed by atoms with Crippen molar-refractivity contribution >= 4 is 101 Å². The van der Waals surface area contributed by atoms with E-state index in [4.69, 9.17) is 4.55 Å². The highest BCUT2D eigenvalue weighted by Crippen LogP contribution is 2.41. The van der Waals surface area contributed by atoms with Crippen molar-refractivity contribution in [1.82, 2.24) is 0 Å². The van der Waals surface area contributed by atoms with Gasteiger partial charge in [0.1, 0.15) is 0 Å². The first-order valence-electron chi connectivity index (χ1n) is 10.5. The molecule has 192 valence electrons. The van der Waals surface area contributed by atoms with Crippen molar-refractivity contribution in [1.29, 1.82) is 0 Å². The highest BCUT2D eigenvalue weighted by atomic mass is 127. The summed E-state index contributed by atoms with van der Waals surface area (Å²) < 4.78 is 63.7. The number of amides is 2. The lowest BCUT2D eigenvalue weighted by molar-refractivity contribution is -0.154. The number of ether oxygens (including phenoxy) is 1. The molecular formula is C21H20F2I3NO7S. The summed E-state index contributed by atoms with van der Waals surface area (Å²) in [6.07, 6.45) is 3.04. The van der Waals surface area contributed by atoms with Gasteiger partial charge in [0.05, 0.1) is 11.6 Å². The minimum Gasteiger partial charge on any atom is -0.458 e. The van der Waals surface area contributed by atoms with Crippen LogP contribution in [0.1, 0.15) is 44.6 Å². The third kappa shape index (κ3) is 5.84. The van der Waals surface area contributed by atoms with E-state index in [1.54, 1.807) is 13.0 Å². The van der Waals surface area contributed by atoms with Crippen LogP contribution in [0.4, 0.5) is 14.5 Å². The Morgan fingerprint density at radius 1 is 1.14 bits per heavy atom. The average molecular weight is 849 g/mol. The molecule has 1 unspecified atom stereocenters. The minimum atomic E-state index is -5.73. The number of nitrogens with zero attached hydrogens (tertiary/aromatic N) is 1. The number of benzene rings is 1. The maximum atomic E-state index is 13.5. The monoisotopic (exact) mass is 849 g/mol. The van der Waals surface area contributed by atoms with Crippen LogP contribution in [0.25, 0.3) is 0 Å². The average Bonchev–Trinajstić information content (AvgIpc) is 3.02. The van der Waals surface area contributed by atoms with Crippen LogP contribution >= 0.6 is 67.8 Å². The van der Waals surface area contributed by atoms with Crippen molar-refractivity contribution in [2.45, 2.75) is 50.7 Å². The van der Waals surface area contributed by atoms with Crippen LogP contribution in [0, 0.1) is 16.6 Å². The highest BCUT2D eigenvalue weighted by molar-refractivity contribution is 14.1. The Morgan fingerprint density at radius 3 is 2.17 bits per heavy atom. The Hall–Kier alpha value is -0.470. The van der Waals surface area contributed by atoms with Crippen LogP contribution in [0.5, 0.6) is 0 Å². The molecule has 2 aliphatic rings. The number of hydrogen-bond donors (Lipinski definition) is 1. The number of alkyl halides is 2. The molecule has 1 aliphatic carbocycles. The van der Waals surface area contributed by atoms with Crippen LogP contribution in [-0.2, 0) is 35.7 Å². The van der Waals surface area contributed by atoms with Crippen LogP contribution < -0.4 is 4.90 Å². The molecule has 1 aliphatic heterocycles. The Balaban J connectivity index is 1.89. The van der Waals surface area contributed by atoms with E-state index in [-0.39, 0.29) is 24.7 Å². The van der Waals surface area contributed by atoms with Gasteiger partial charge in [-0.05, 0) is 118 Å². The SMILES string of the molecule is CCC(Cc1c(I)cc(I)c(N2C(=O)C3=C(CCCC3)C2=O)c1I)C(=O)OCC(F)(F)S(=O)(=O)O. The summed E-state index contributed by atoms with van der Waals surface area (Å²) >= 11 is 6.12. The van der Waals surface area contributed by atoms with Crippen LogP contribution in [0.2, 0.25) is 0 Å². The maximum Gasteiger partial charge on any atom is 0.402 e. The molecule has 0 saturated carbocycles. The van der Waals surface area contributed by atoms with Gasteiger partial charge in [-0.15, -0.1) is 0 Å². The molecule has 0 bridgehead atoms. The molecule has 1 aromatic rings. The van der Waals surface area contributed by atoms with Gasteiger partial charge < -0.3 is 4.74 Å². The molecule has 0 saturated heterocycles. The fraction of sp³-hybridized carbons (Fsp3) is 0.476. The van der Waals surface area contributed by atoms with Crippen molar-refractivity contribution in [2.24, 2.45) is 5.92 Å². The second kappa shape index (κ2) is 11.1. The molecule has 0 fully saturated rings. The van der Waals surface area contributed by atoms with Gasteiger partial charge in [-0.2, -0.15) is 17.2 Å². The van der Waals surface area contributed by atoms with Gasteiger partial charge in [-0.1, -0.05) is 6.92 Å².